The lowest BCUT2D eigenvalue weighted by Gasteiger charge is -2.27. The summed E-state index contributed by atoms with van der Waals surface area (Å²) in [5.74, 6) is -0.838. The van der Waals surface area contributed by atoms with Crippen LogP contribution in [0.4, 0.5) is 14.5 Å². The molecule has 1 atom stereocenters. The van der Waals surface area contributed by atoms with E-state index in [9.17, 15) is 8.78 Å². The molecule has 3 rings (SSSR count). The van der Waals surface area contributed by atoms with Crippen molar-refractivity contribution in [3.63, 3.8) is 0 Å². The second-order valence-corrected chi connectivity index (χ2v) is 5.13. The molecule has 0 bridgehead atoms. The minimum absolute atomic E-state index is 0.294. The quantitative estimate of drug-likeness (QED) is 0.922. The molecule has 0 saturated carbocycles. The summed E-state index contributed by atoms with van der Waals surface area (Å²) in [7, 11) is 0. The smallest absolute Gasteiger partial charge is 0.196 e. The monoisotopic (exact) mass is 287 g/mol. The number of halogens is 2. The molecule has 1 aliphatic heterocycles. The van der Waals surface area contributed by atoms with Gasteiger partial charge in [-0.3, -0.25) is 4.99 Å². The Morgan fingerprint density at radius 3 is 2.52 bits per heavy atom. The van der Waals surface area contributed by atoms with Gasteiger partial charge in [0.1, 0.15) is 11.6 Å². The van der Waals surface area contributed by atoms with Crippen molar-refractivity contribution >= 4 is 11.6 Å². The van der Waals surface area contributed by atoms with Crippen LogP contribution in [0.1, 0.15) is 17.2 Å². The lowest BCUT2D eigenvalue weighted by atomic mass is 10.0. The zero-order chi connectivity index (χ0) is 15.0. The van der Waals surface area contributed by atoms with Crippen molar-refractivity contribution in [2.24, 2.45) is 10.7 Å². The van der Waals surface area contributed by atoms with Gasteiger partial charge in [-0.15, -0.1) is 0 Å². The number of rotatable bonds is 2. The number of nitrogens with two attached hydrogens (primary N) is 1. The Kier molecular flexibility index (Phi) is 3.33. The minimum atomic E-state index is -0.598. The highest BCUT2D eigenvalue weighted by molar-refractivity contribution is 5.97. The Hall–Kier alpha value is -2.43. The van der Waals surface area contributed by atoms with Gasteiger partial charge < -0.3 is 10.6 Å². The molecule has 2 N–H and O–H groups in total. The van der Waals surface area contributed by atoms with E-state index in [2.05, 4.69) is 4.99 Å². The van der Waals surface area contributed by atoms with Crippen LogP contribution in [-0.2, 0) is 0 Å². The molecule has 0 amide bonds. The van der Waals surface area contributed by atoms with Gasteiger partial charge >= 0.3 is 0 Å². The van der Waals surface area contributed by atoms with Crippen molar-refractivity contribution in [1.82, 2.24) is 0 Å². The van der Waals surface area contributed by atoms with Crippen molar-refractivity contribution in [3.8, 4) is 0 Å². The Morgan fingerprint density at radius 1 is 1.14 bits per heavy atom. The molecular weight excluding hydrogens is 272 g/mol. The zero-order valence-corrected chi connectivity index (χ0v) is 11.6. The van der Waals surface area contributed by atoms with Crippen molar-refractivity contribution in [1.29, 1.82) is 0 Å². The number of nitrogens with zero attached hydrogens (tertiary/aromatic N) is 2. The molecule has 1 heterocycles. The standard InChI is InChI=1S/C16H15F2N3/c1-10-3-2-4-14(5-10)21-15(9-20-16(21)19)11-6-12(17)8-13(18)7-11/h2-8,15H,9H2,1H3,(H2,19,20). The van der Waals surface area contributed by atoms with Gasteiger partial charge in [-0.1, -0.05) is 12.1 Å². The molecule has 0 aliphatic carbocycles. The largest absolute Gasteiger partial charge is 0.369 e. The molecule has 0 spiro atoms. The summed E-state index contributed by atoms with van der Waals surface area (Å²) in [6.07, 6.45) is 0. The molecule has 1 aliphatic rings. The summed E-state index contributed by atoms with van der Waals surface area (Å²) < 4.78 is 26.9. The SMILES string of the molecule is Cc1cccc(N2C(N)=NCC2c2cc(F)cc(F)c2)c1. The molecule has 108 valence electrons. The van der Waals surface area contributed by atoms with E-state index in [1.165, 1.54) is 12.1 Å². The number of aliphatic imine (C=N–C) groups is 1. The fraction of sp³-hybridized carbons (Fsp3) is 0.188. The predicted octanol–water partition coefficient (Wildman–Crippen LogP) is 3.15. The average molecular weight is 287 g/mol. The third kappa shape index (κ3) is 2.59. The first-order valence-corrected chi connectivity index (χ1v) is 6.66. The Bertz CT molecular complexity index is 692. The highest BCUT2D eigenvalue weighted by Gasteiger charge is 2.29. The van der Waals surface area contributed by atoms with E-state index in [1.807, 2.05) is 31.2 Å². The van der Waals surface area contributed by atoms with E-state index in [4.69, 9.17) is 5.73 Å². The van der Waals surface area contributed by atoms with Crippen molar-refractivity contribution in [2.45, 2.75) is 13.0 Å². The number of aryl methyl sites for hydroxylation is 1. The molecular formula is C16H15F2N3. The van der Waals surface area contributed by atoms with Crippen molar-refractivity contribution in [3.05, 3.63) is 65.2 Å². The molecule has 0 radical (unpaired) electrons. The van der Waals surface area contributed by atoms with Crippen LogP contribution in [0.15, 0.2) is 47.5 Å². The highest BCUT2D eigenvalue weighted by atomic mass is 19.1. The number of hydrogen-bond donors (Lipinski definition) is 1. The summed E-state index contributed by atoms with van der Waals surface area (Å²) in [5, 5.41) is 0. The number of anilines is 1. The van der Waals surface area contributed by atoms with Crippen LogP contribution in [0.5, 0.6) is 0 Å². The minimum Gasteiger partial charge on any atom is -0.369 e. The molecule has 0 fully saturated rings. The molecule has 0 aromatic heterocycles. The molecule has 2 aromatic rings. The van der Waals surface area contributed by atoms with Gasteiger partial charge in [0, 0.05) is 11.8 Å². The summed E-state index contributed by atoms with van der Waals surface area (Å²) in [5.41, 5.74) is 8.42. The first kappa shape index (κ1) is 13.5. The van der Waals surface area contributed by atoms with Gasteiger partial charge in [-0.25, -0.2) is 8.78 Å². The molecule has 3 nitrogen and oxygen atoms in total. The van der Waals surface area contributed by atoms with E-state index in [0.29, 0.717) is 18.1 Å². The maximum Gasteiger partial charge on any atom is 0.196 e. The lowest BCUT2D eigenvalue weighted by molar-refractivity contribution is 0.575. The predicted molar refractivity (Wildman–Crippen MR) is 79.2 cm³/mol. The van der Waals surface area contributed by atoms with Crippen LogP contribution in [0.2, 0.25) is 0 Å². The van der Waals surface area contributed by atoms with Crippen molar-refractivity contribution in [2.75, 3.05) is 11.4 Å². The lowest BCUT2D eigenvalue weighted by Crippen LogP contribution is -2.36. The summed E-state index contributed by atoms with van der Waals surface area (Å²) in [6, 6.07) is 11.0. The number of hydrogen-bond acceptors (Lipinski definition) is 3. The highest BCUT2D eigenvalue weighted by Crippen LogP contribution is 2.32. The van der Waals surface area contributed by atoms with E-state index >= 15 is 0 Å². The summed E-state index contributed by atoms with van der Waals surface area (Å²) in [6.45, 7) is 2.35. The summed E-state index contributed by atoms with van der Waals surface area (Å²) in [4.78, 5) is 6.02. The number of benzene rings is 2. The van der Waals surface area contributed by atoms with E-state index < -0.39 is 11.6 Å². The third-order valence-electron chi connectivity index (χ3n) is 3.53. The van der Waals surface area contributed by atoms with Gasteiger partial charge in [0.15, 0.2) is 5.96 Å². The van der Waals surface area contributed by atoms with E-state index in [1.54, 1.807) is 4.90 Å². The normalized spacial score (nSPS) is 18.0. The second kappa shape index (κ2) is 5.16. The number of guanidine groups is 1. The van der Waals surface area contributed by atoms with Crippen LogP contribution in [0.25, 0.3) is 0 Å². The van der Waals surface area contributed by atoms with Crippen LogP contribution in [0, 0.1) is 18.6 Å². The Balaban J connectivity index is 2.02. The van der Waals surface area contributed by atoms with Gasteiger partial charge in [0.05, 0.1) is 12.6 Å². The van der Waals surface area contributed by atoms with Gasteiger partial charge in [0.2, 0.25) is 0 Å². The third-order valence-corrected chi connectivity index (χ3v) is 3.53. The van der Waals surface area contributed by atoms with Gasteiger partial charge in [-0.05, 0) is 42.3 Å². The maximum absolute atomic E-state index is 13.4. The van der Waals surface area contributed by atoms with E-state index in [0.717, 1.165) is 17.3 Å². The molecule has 21 heavy (non-hydrogen) atoms. The van der Waals surface area contributed by atoms with E-state index in [-0.39, 0.29) is 6.04 Å². The van der Waals surface area contributed by atoms with Crippen LogP contribution >= 0.6 is 0 Å². The van der Waals surface area contributed by atoms with Gasteiger partial charge in [-0.2, -0.15) is 0 Å². The average Bonchev–Trinajstić information content (AvgIpc) is 2.79. The van der Waals surface area contributed by atoms with Crippen LogP contribution < -0.4 is 10.6 Å². The topological polar surface area (TPSA) is 41.6 Å². The molecule has 5 heteroatoms. The Labute approximate surface area is 121 Å². The van der Waals surface area contributed by atoms with Crippen LogP contribution in [0.3, 0.4) is 0 Å². The first-order chi connectivity index (χ1) is 10.0. The summed E-state index contributed by atoms with van der Waals surface area (Å²) >= 11 is 0. The fourth-order valence-corrected chi connectivity index (χ4v) is 2.61. The molecule has 2 aromatic carbocycles. The zero-order valence-electron chi connectivity index (χ0n) is 11.6. The molecule has 0 saturated heterocycles. The molecule has 1 unspecified atom stereocenters. The van der Waals surface area contributed by atoms with Crippen LogP contribution in [-0.4, -0.2) is 12.5 Å². The second-order valence-electron chi connectivity index (χ2n) is 5.13. The fourth-order valence-electron chi connectivity index (χ4n) is 2.61. The van der Waals surface area contributed by atoms with Crippen molar-refractivity contribution < 1.29 is 8.78 Å². The first-order valence-electron chi connectivity index (χ1n) is 6.66. The maximum atomic E-state index is 13.4. The Morgan fingerprint density at radius 2 is 1.86 bits per heavy atom. The van der Waals surface area contributed by atoms with Gasteiger partial charge in [0.25, 0.3) is 0 Å².